The molecule has 1 N–H and O–H groups in total. The molecule has 0 radical (unpaired) electrons. The molecule has 1 aromatic carbocycles. The Morgan fingerprint density at radius 1 is 1.00 bits per heavy atom. The van der Waals surface area contributed by atoms with Gasteiger partial charge in [-0.25, -0.2) is 0 Å². The van der Waals surface area contributed by atoms with E-state index in [9.17, 15) is 5.11 Å². The molecule has 18 heavy (non-hydrogen) atoms. The van der Waals surface area contributed by atoms with Crippen molar-refractivity contribution in [2.45, 2.75) is 20.8 Å². The van der Waals surface area contributed by atoms with Crippen molar-refractivity contribution >= 4 is 10.9 Å². The summed E-state index contributed by atoms with van der Waals surface area (Å²) < 4.78 is 0. The van der Waals surface area contributed by atoms with Gasteiger partial charge in [-0.3, -0.25) is 4.98 Å². The summed E-state index contributed by atoms with van der Waals surface area (Å²) in [6.07, 6.45) is 1.67. The highest BCUT2D eigenvalue weighted by Gasteiger charge is 1.96. The number of rotatable bonds is 3. The number of benzene rings is 1. The van der Waals surface area contributed by atoms with E-state index < -0.39 is 0 Å². The number of para-hydroxylation sites is 1. The molecule has 3 heteroatoms. The molecular formula is C15H22N2O. The predicted octanol–water partition coefficient (Wildman–Crippen LogP) is 3.29. The quantitative estimate of drug-likeness (QED) is 0.902. The number of nitrogens with zero attached hydrogens (tertiary/aromatic N) is 2. The minimum Gasteiger partial charge on any atom is -0.506 e. The van der Waals surface area contributed by atoms with Gasteiger partial charge in [0.15, 0.2) is 0 Å². The second kappa shape index (κ2) is 7.67. The van der Waals surface area contributed by atoms with Crippen molar-refractivity contribution in [1.82, 2.24) is 9.88 Å². The smallest absolute Gasteiger partial charge is 0.141 e. The molecule has 2 rings (SSSR count). The van der Waals surface area contributed by atoms with Crippen LogP contribution in [0.25, 0.3) is 10.9 Å². The highest BCUT2D eigenvalue weighted by molar-refractivity contribution is 5.83. The van der Waals surface area contributed by atoms with E-state index in [1.807, 2.05) is 18.2 Å². The second-order valence-corrected chi connectivity index (χ2v) is 3.97. The lowest BCUT2D eigenvalue weighted by Crippen LogP contribution is -2.21. The van der Waals surface area contributed by atoms with Gasteiger partial charge in [0, 0.05) is 11.6 Å². The van der Waals surface area contributed by atoms with Gasteiger partial charge < -0.3 is 10.0 Å². The summed E-state index contributed by atoms with van der Waals surface area (Å²) in [4.78, 5) is 6.41. The van der Waals surface area contributed by atoms with E-state index in [1.165, 1.54) is 19.6 Å². The van der Waals surface area contributed by atoms with Crippen LogP contribution in [-0.2, 0) is 0 Å². The molecule has 0 spiro atoms. The number of phenols is 1. The Labute approximate surface area is 109 Å². The minimum absolute atomic E-state index is 0.239. The SMILES string of the molecule is CCN(CC)CC.Oc1cccc2cccnc12. The van der Waals surface area contributed by atoms with E-state index in [0.717, 1.165) is 5.39 Å². The molecule has 0 aliphatic rings. The van der Waals surface area contributed by atoms with Crippen molar-refractivity contribution in [3.05, 3.63) is 36.5 Å². The lowest BCUT2D eigenvalue weighted by atomic mass is 10.2. The molecule has 0 saturated carbocycles. The van der Waals surface area contributed by atoms with Gasteiger partial charge in [0.25, 0.3) is 0 Å². The van der Waals surface area contributed by atoms with Crippen LogP contribution >= 0.6 is 0 Å². The molecule has 98 valence electrons. The Kier molecular flexibility index (Phi) is 6.15. The lowest BCUT2D eigenvalue weighted by Gasteiger charge is -2.13. The van der Waals surface area contributed by atoms with Crippen molar-refractivity contribution < 1.29 is 5.11 Å². The number of aromatic nitrogens is 1. The van der Waals surface area contributed by atoms with Gasteiger partial charge in [0.2, 0.25) is 0 Å². The topological polar surface area (TPSA) is 36.4 Å². The van der Waals surface area contributed by atoms with Crippen molar-refractivity contribution in [3.8, 4) is 5.75 Å². The molecule has 0 aliphatic carbocycles. The molecule has 2 aromatic rings. The third-order valence-corrected chi connectivity index (χ3v) is 2.95. The predicted molar refractivity (Wildman–Crippen MR) is 76.9 cm³/mol. The van der Waals surface area contributed by atoms with E-state index in [0.29, 0.717) is 5.52 Å². The van der Waals surface area contributed by atoms with E-state index in [1.54, 1.807) is 18.3 Å². The zero-order valence-corrected chi connectivity index (χ0v) is 11.4. The lowest BCUT2D eigenvalue weighted by molar-refractivity contribution is 0.321. The first-order valence-electron chi connectivity index (χ1n) is 6.47. The Morgan fingerprint density at radius 2 is 1.61 bits per heavy atom. The second-order valence-electron chi connectivity index (χ2n) is 3.97. The molecule has 1 aromatic heterocycles. The highest BCUT2D eigenvalue weighted by atomic mass is 16.3. The van der Waals surface area contributed by atoms with Crippen molar-refractivity contribution in [2.75, 3.05) is 19.6 Å². The first-order chi connectivity index (χ1) is 8.72. The fraction of sp³-hybridized carbons (Fsp3) is 0.400. The van der Waals surface area contributed by atoms with Crippen LogP contribution in [-0.4, -0.2) is 34.6 Å². The number of fused-ring (bicyclic) bond motifs is 1. The first-order valence-corrected chi connectivity index (χ1v) is 6.47. The number of aromatic hydroxyl groups is 1. The molecule has 0 fully saturated rings. The zero-order chi connectivity index (χ0) is 13.4. The van der Waals surface area contributed by atoms with Gasteiger partial charge in [-0.2, -0.15) is 0 Å². The van der Waals surface area contributed by atoms with Crippen molar-refractivity contribution in [3.63, 3.8) is 0 Å². The first kappa shape index (κ1) is 14.5. The summed E-state index contributed by atoms with van der Waals surface area (Å²) in [6, 6.07) is 9.13. The molecule has 0 unspecified atom stereocenters. The van der Waals surface area contributed by atoms with Gasteiger partial charge in [0.05, 0.1) is 0 Å². The molecule has 1 heterocycles. The van der Waals surface area contributed by atoms with Crippen LogP contribution in [0.1, 0.15) is 20.8 Å². The van der Waals surface area contributed by atoms with Crippen LogP contribution in [0, 0.1) is 0 Å². The summed E-state index contributed by atoms with van der Waals surface area (Å²) in [5.74, 6) is 0.239. The monoisotopic (exact) mass is 246 g/mol. The van der Waals surface area contributed by atoms with Gasteiger partial charge in [0.1, 0.15) is 11.3 Å². The average molecular weight is 246 g/mol. The standard InChI is InChI=1S/C9H7NO.C6H15N/c11-8-5-1-3-7-4-2-6-10-9(7)8;1-4-7(5-2)6-3/h1-6,11H;4-6H2,1-3H3. The molecule has 0 atom stereocenters. The summed E-state index contributed by atoms with van der Waals surface area (Å²) in [5.41, 5.74) is 0.662. The fourth-order valence-electron chi connectivity index (χ4n) is 1.76. The van der Waals surface area contributed by atoms with E-state index in [4.69, 9.17) is 0 Å². The fourth-order valence-corrected chi connectivity index (χ4v) is 1.76. The van der Waals surface area contributed by atoms with Crippen molar-refractivity contribution in [1.29, 1.82) is 0 Å². The van der Waals surface area contributed by atoms with E-state index in [-0.39, 0.29) is 5.75 Å². The molecule has 0 bridgehead atoms. The van der Waals surface area contributed by atoms with Crippen LogP contribution in [0.15, 0.2) is 36.5 Å². The third-order valence-electron chi connectivity index (χ3n) is 2.95. The van der Waals surface area contributed by atoms with Gasteiger partial charge in [-0.05, 0) is 31.8 Å². The molecule has 0 amide bonds. The molecule has 0 aliphatic heterocycles. The van der Waals surface area contributed by atoms with Gasteiger partial charge in [-0.1, -0.05) is 39.0 Å². The van der Waals surface area contributed by atoms with Gasteiger partial charge >= 0.3 is 0 Å². The third kappa shape index (κ3) is 4.00. The summed E-state index contributed by atoms with van der Waals surface area (Å²) in [7, 11) is 0. The van der Waals surface area contributed by atoms with Crippen LogP contribution in [0.4, 0.5) is 0 Å². The number of hydrogen-bond acceptors (Lipinski definition) is 3. The van der Waals surface area contributed by atoms with Crippen molar-refractivity contribution in [2.24, 2.45) is 0 Å². The maximum absolute atomic E-state index is 9.31. The number of hydrogen-bond donors (Lipinski definition) is 1. The van der Waals surface area contributed by atoms with Crippen LogP contribution in [0.3, 0.4) is 0 Å². The summed E-state index contributed by atoms with van der Waals surface area (Å²) >= 11 is 0. The number of pyridine rings is 1. The van der Waals surface area contributed by atoms with E-state index in [2.05, 4.69) is 30.7 Å². The molecule has 3 nitrogen and oxygen atoms in total. The zero-order valence-electron chi connectivity index (χ0n) is 11.4. The Hall–Kier alpha value is -1.61. The normalized spacial score (nSPS) is 10.2. The average Bonchev–Trinajstić information content (AvgIpc) is 2.42. The summed E-state index contributed by atoms with van der Waals surface area (Å²) in [5, 5.41) is 10.3. The van der Waals surface area contributed by atoms with Crippen LogP contribution in [0.2, 0.25) is 0 Å². The Balaban J connectivity index is 0.000000203. The van der Waals surface area contributed by atoms with Crippen LogP contribution in [0.5, 0.6) is 5.75 Å². The Morgan fingerprint density at radius 3 is 2.11 bits per heavy atom. The summed E-state index contributed by atoms with van der Waals surface area (Å²) in [6.45, 7) is 10.1. The number of phenolic OH excluding ortho intramolecular Hbond substituents is 1. The highest BCUT2D eigenvalue weighted by Crippen LogP contribution is 2.20. The molecular weight excluding hydrogens is 224 g/mol. The Bertz CT molecular complexity index is 456. The molecule has 0 saturated heterocycles. The minimum atomic E-state index is 0.239. The van der Waals surface area contributed by atoms with E-state index >= 15 is 0 Å². The maximum atomic E-state index is 9.31. The largest absolute Gasteiger partial charge is 0.506 e. The maximum Gasteiger partial charge on any atom is 0.141 e. The van der Waals surface area contributed by atoms with Gasteiger partial charge in [-0.15, -0.1) is 0 Å². The van der Waals surface area contributed by atoms with Crippen LogP contribution < -0.4 is 0 Å².